The zero-order chi connectivity index (χ0) is 12.8. The molecule has 0 fully saturated rings. The van der Waals surface area contributed by atoms with Gasteiger partial charge in [0, 0.05) is 10.0 Å². The van der Waals surface area contributed by atoms with Gasteiger partial charge in [-0.05, 0) is 47.0 Å². The van der Waals surface area contributed by atoms with Gasteiger partial charge < -0.3 is 9.84 Å². The third-order valence-corrected chi connectivity index (χ3v) is 3.19. The molecule has 92 valence electrons. The van der Waals surface area contributed by atoms with Crippen LogP contribution in [0.15, 0.2) is 39.3 Å². The van der Waals surface area contributed by atoms with Gasteiger partial charge in [0.1, 0.15) is 5.75 Å². The van der Waals surface area contributed by atoms with E-state index in [1.807, 2.05) is 18.2 Å². The number of carboxylic acids is 1. The highest BCUT2D eigenvalue weighted by Gasteiger charge is 2.04. The summed E-state index contributed by atoms with van der Waals surface area (Å²) in [6.07, 6.45) is 1.07. The minimum atomic E-state index is -0.949. The fourth-order valence-corrected chi connectivity index (χ4v) is 2.33. The molecule has 17 heavy (non-hydrogen) atoms. The lowest BCUT2D eigenvalue weighted by Gasteiger charge is -2.08. The predicted molar refractivity (Wildman–Crippen MR) is 73.3 cm³/mol. The normalized spacial score (nSPS) is 10.0. The van der Waals surface area contributed by atoms with Gasteiger partial charge in [-0.15, -0.1) is 0 Å². The van der Waals surface area contributed by atoms with Gasteiger partial charge in [0.05, 0.1) is 11.1 Å². The molecule has 0 aromatic heterocycles. The zero-order valence-electron chi connectivity index (χ0n) is 9.08. The molecule has 0 atom stereocenters. The number of hydrogen-bond donors (Lipinski definition) is 1. The quantitative estimate of drug-likeness (QED) is 0.613. The summed E-state index contributed by atoms with van der Waals surface area (Å²) in [7, 11) is 0. The second-order valence-corrected chi connectivity index (χ2v) is 5.21. The van der Waals surface area contributed by atoms with E-state index in [9.17, 15) is 4.79 Å². The molecule has 0 bridgehead atoms. The fraction of sp³-hybridized carbons (Fsp3) is 0.250. The molecule has 0 aliphatic carbocycles. The molecule has 1 N–H and O–H groups in total. The summed E-state index contributed by atoms with van der Waals surface area (Å²) in [5.41, 5.74) is 0.212. The molecule has 0 heterocycles. The van der Waals surface area contributed by atoms with Crippen molar-refractivity contribution < 1.29 is 14.6 Å². The summed E-state index contributed by atoms with van der Waals surface area (Å²) in [5, 5.41) is 8.62. The zero-order valence-corrected chi connectivity index (χ0v) is 12.3. The number of carbonyl (C=O) groups is 1. The first-order valence-electron chi connectivity index (χ1n) is 4.99. The summed E-state index contributed by atoms with van der Waals surface area (Å²) in [6, 6.07) is 5.63. The molecular formula is C12H12Br2O3. The first kappa shape index (κ1) is 14.3. The van der Waals surface area contributed by atoms with Gasteiger partial charge >= 0.3 is 5.97 Å². The molecule has 1 aromatic carbocycles. The van der Waals surface area contributed by atoms with Crippen molar-refractivity contribution in [1.29, 1.82) is 0 Å². The lowest BCUT2D eigenvalue weighted by atomic mass is 10.2. The molecule has 0 saturated heterocycles. The van der Waals surface area contributed by atoms with Crippen molar-refractivity contribution in [3.63, 3.8) is 0 Å². The third-order valence-electron chi connectivity index (χ3n) is 2.08. The summed E-state index contributed by atoms with van der Waals surface area (Å²) in [4.78, 5) is 10.5. The van der Waals surface area contributed by atoms with Crippen LogP contribution in [0.2, 0.25) is 0 Å². The van der Waals surface area contributed by atoms with E-state index in [4.69, 9.17) is 9.84 Å². The van der Waals surface area contributed by atoms with Gasteiger partial charge in [-0.2, -0.15) is 0 Å². The third kappa shape index (κ3) is 4.91. The predicted octanol–water partition coefficient (Wildman–Crippen LogP) is 4.01. The molecule has 0 unspecified atom stereocenters. The number of rotatable bonds is 6. The van der Waals surface area contributed by atoms with E-state index in [-0.39, 0.29) is 5.57 Å². The maximum atomic E-state index is 10.5. The summed E-state index contributed by atoms with van der Waals surface area (Å²) < 4.78 is 7.35. The largest absolute Gasteiger partial charge is 0.492 e. The molecule has 0 amide bonds. The maximum Gasteiger partial charge on any atom is 0.330 e. The summed E-state index contributed by atoms with van der Waals surface area (Å²) in [6.45, 7) is 3.92. The van der Waals surface area contributed by atoms with Gasteiger partial charge in [0.15, 0.2) is 0 Å². The van der Waals surface area contributed by atoms with E-state index < -0.39 is 5.97 Å². The monoisotopic (exact) mass is 362 g/mol. The molecule has 0 aliphatic heterocycles. The van der Waals surface area contributed by atoms with Crippen molar-refractivity contribution in [2.24, 2.45) is 0 Å². The van der Waals surface area contributed by atoms with E-state index in [0.29, 0.717) is 19.4 Å². The average Bonchev–Trinajstić information content (AvgIpc) is 2.26. The van der Waals surface area contributed by atoms with Crippen LogP contribution in [0.25, 0.3) is 0 Å². The van der Waals surface area contributed by atoms with Crippen LogP contribution < -0.4 is 4.74 Å². The minimum Gasteiger partial charge on any atom is -0.492 e. The SMILES string of the molecule is C=C(CCCOc1ccc(Br)cc1Br)C(=O)O. The highest BCUT2D eigenvalue weighted by Crippen LogP contribution is 2.28. The van der Waals surface area contributed by atoms with Gasteiger partial charge in [-0.25, -0.2) is 4.79 Å². The van der Waals surface area contributed by atoms with Crippen molar-refractivity contribution in [3.05, 3.63) is 39.3 Å². The maximum absolute atomic E-state index is 10.5. The van der Waals surface area contributed by atoms with Crippen LogP contribution in [0.1, 0.15) is 12.8 Å². The number of ether oxygens (including phenoxy) is 1. The van der Waals surface area contributed by atoms with E-state index in [2.05, 4.69) is 38.4 Å². The highest BCUT2D eigenvalue weighted by molar-refractivity contribution is 9.11. The molecule has 1 rings (SSSR count). The van der Waals surface area contributed by atoms with Crippen LogP contribution in [-0.4, -0.2) is 17.7 Å². The Kier molecular flexibility index (Phi) is 5.71. The number of benzene rings is 1. The van der Waals surface area contributed by atoms with Crippen molar-refractivity contribution in [1.82, 2.24) is 0 Å². The molecule has 0 radical (unpaired) electrons. The first-order valence-corrected chi connectivity index (χ1v) is 6.58. The van der Waals surface area contributed by atoms with E-state index >= 15 is 0 Å². The Balaban J connectivity index is 2.36. The van der Waals surface area contributed by atoms with E-state index in [0.717, 1.165) is 14.7 Å². The van der Waals surface area contributed by atoms with Crippen LogP contribution in [0.3, 0.4) is 0 Å². The fourth-order valence-electron chi connectivity index (χ4n) is 1.17. The van der Waals surface area contributed by atoms with Crippen LogP contribution >= 0.6 is 31.9 Å². The van der Waals surface area contributed by atoms with Crippen LogP contribution in [0, 0.1) is 0 Å². The minimum absolute atomic E-state index is 0.212. The Labute approximate surface area is 117 Å². The van der Waals surface area contributed by atoms with E-state index in [1.54, 1.807) is 0 Å². The number of hydrogen-bond acceptors (Lipinski definition) is 2. The summed E-state index contributed by atoms with van der Waals surface area (Å²) >= 11 is 6.74. The number of carboxylic acid groups (broad SMARTS) is 1. The van der Waals surface area contributed by atoms with Gasteiger partial charge in [-0.1, -0.05) is 22.5 Å². The lowest BCUT2D eigenvalue weighted by Crippen LogP contribution is -2.03. The van der Waals surface area contributed by atoms with Gasteiger partial charge in [0.2, 0.25) is 0 Å². The Morgan fingerprint density at radius 1 is 1.41 bits per heavy atom. The Morgan fingerprint density at radius 2 is 2.12 bits per heavy atom. The summed E-state index contributed by atoms with van der Waals surface area (Å²) in [5.74, 6) is -0.205. The molecule has 1 aromatic rings. The molecule has 0 spiro atoms. The Morgan fingerprint density at radius 3 is 2.71 bits per heavy atom. The average molecular weight is 364 g/mol. The standard InChI is InChI=1S/C12H12Br2O3/c1-8(12(15)16)3-2-6-17-11-5-4-9(13)7-10(11)14/h4-5,7H,1-3,6H2,(H,15,16). The van der Waals surface area contributed by atoms with Crippen molar-refractivity contribution in [2.75, 3.05) is 6.61 Å². The van der Waals surface area contributed by atoms with Crippen molar-refractivity contribution in [3.8, 4) is 5.75 Å². The van der Waals surface area contributed by atoms with E-state index in [1.165, 1.54) is 0 Å². The van der Waals surface area contributed by atoms with Gasteiger partial charge in [0.25, 0.3) is 0 Å². The molecule has 0 aliphatic rings. The smallest absolute Gasteiger partial charge is 0.330 e. The van der Waals surface area contributed by atoms with Gasteiger partial charge in [-0.3, -0.25) is 0 Å². The van der Waals surface area contributed by atoms with Crippen molar-refractivity contribution in [2.45, 2.75) is 12.8 Å². The Bertz CT molecular complexity index is 430. The topological polar surface area (TPSA) is 46.5 Å². The van der Waals surface area contributed by atoms with Crippen LogP contribution in [-0.2, 0) is 4.79 Å². The highest BCUT2D eigenvalue weighted by atomic mass is 79.9. The lowest BCUT2D eigenvalue weighted by molar-refractivity contribution is -0.132. The van der Waals surface area contributed by atoms with Crippen LogP contribution in [0.5, 0.6) is 5.75 Å². The van der Waals surface area contributed by atoms with Crippen LogP contribution in [0.4, 0.5) is 0 Å². The first-order chi connectivity index (χ1) is 8.00. The Hall–Kier alpha value is -0.810. The second-order valence-electron chi connectivity index (χ2n) is 3.44. The van der Waals surface area contributed by atoms with Crippen molar-refractivity contribution >= 4 is 37.8 Å². The molecule has 3 nitrogen and oxygen atoms in total. The molecular weight excluding hydrogens is 352 g/mol. The molecule has 0 saturated carbocycles. The molecule has 5 heteroatoms. The number of halogens is 2. The second kappa shape index (κ2) is 6.81. The number of aliphatic carboxylic acids is 1.